The van der Waals surface area contributed by atoms with Crippen molar-refractivity contribution in [1.29, 1.82) is 0 Å². The first-order valence-corrected chi connectivity index (χ1v) is 11.0. The maximum absolute atomic E-state index is 12.9. The molecule has 0 radical (unpaired) electrons. The van der Waals surface area contributed by atoms with Crippen molar-refractivity contribution in [3.63, 3.8) is 0 Å². The first kappa shape index (κ1) is 23.7. The average Bonchev–Trinajstić information content (AvgIpc) is 2.98. The number of carbonyl (C=O) groups excluding carboxylic acids is 2. The number of nitrogens with zero attached hydrogens (tertiary/aromatic N) is 1. The van der Waals surface area contributed by atoms with Crippen LogP contribution in [-0.4, -0.2) is 37.1 Å². The third-order valence-electron chi connectivity index (χ3n) is 5.47. The number of hydrogen-bond acceptors (Lipinski definition) is 7. The number of anilines is 4. The molecule has 3 N–H and O–H groups in total. The maximum atomic E-state index is 12.9. The van der Waals surface area contributed by atoms with E-state index in [4.69, 9.17) is 9.47 Å². The summed E-state index contributed by atoms with van der Waals surface area (Å²) in [5, 5.41) is 20.1. The maximum Gasteiger partial charge on any atom is 0.310 e. The molecule has 3 aromatic carbocycles. The van der Waals surface area contributed by atoms with Crippen molar-refractivity contribution < 1.29 is 24.0 Å². The van der Waals surface area contributed by atoms with Crippen LogP contribution in [0.15, 0.2) is 54.6 Å². The van der Waals surface area contributed by atoms with Crippen LogP contribution in [0.1, 0.15) is 23.7 Å². The van der Waals surface area contributed by atoms with Gasteiger partial charge in [0.15, 0.2) is 5.75 Å². The second-order valence-electron chi connectivity index (χ2n) is 7.74. The molecular weight excluding hydrogens is 452 g/mol. The summed E-state index contributed by atoms with van der Waals surface area (Å²) in [5.74, 6) is -0.342. The van der Waals surface area contributed by atoms with Crippen molar-refractivity contribution in [3.05, 3.63) is 70.3 Å². The number of rotatable bonds is 8. The third-order valence-corrected chi connectivity index (χ3v) is 5.47. The van der Waals surface area contributed by atoms with Crippen LogP contribution in [-0.2, 0) is 9.53 Å². The highest BCUT2D eigenvalue weighted by Gasteiger charge is 2.21. The molecule has 1 heterocycles. The van der Waals surface area contributed by atoms with E-state index in [-0.39, 0.29) is 29.7 Å². The second kappa shape index (κ2) is 10.2. The van der Waals surface area contributed by atoms with Gasteiger partial charge < -0.3 is 25.4 Å². The zero-order valence-corrected chi connectivity index (χ0v) is 19.2. The first-order chi connectivity index (χ1) is 16.9. The lowest BCUT2D eigenvalue weighted by Crippen LogP contribution is -2.15. The van der Waals surface area contributed by atoms with Gasteiger partial charge in [-0.15, -0.1) is 0 Å². The number of methoxy groups -OCH3 is 1. The van der Waals surface area contributed by atoms with Gasteiger partial charge in [-0.1, -0.05) is 6.07 Å². The predicted octanol–water partition coefficient (Wildman–Crippen LogP) is 4.94. The molecule has 180 valence electrons. The Kier molecular flexibility index (Phi) is 6.93. The monoisotopic (exact) mass is 476 g/mol. The number of nitrogens with one attached hydrogen (secondary N) is 3. The van der Waals surface area contributed by atoms with Crippen molar-refractivity contribution in [2.24, 2.45) is 0 Å². The second-order valence-corrected chi connectivity index (χ2v) is 7.74. The molecule has 1 aliphatic heterocycles. The van der Waals surface area contributed by atoms with E-state index in [9.17, 15) is 19.7 Å². The minimum atomic E-state index is -0.502. The van der Waals surface area contributed by atoms with Crippen molar-refractivity contribution >= 4 is 40.3 Å². The van der Waals surface area contributed by atoms with Crippen LogP contribution in [0.3, 0.4) is 0 Å². The Balaban J connectivity index is 1.60. The molecule has 3 aromatic rings. The van der Waals surface area contributed by atoms with Gasteiger partial charge in [-0.05, 0) is 60.5 Å². The largest absolute Gasteiger partial charge is 0.490 e. The van der Waals surface area contributed by atoms with Gasteiger partial charge in [-0.25, -0.2) is 0 Å². The van der Waals surface area contributed by atoms with Crippen molar-refractivity contribution in [3.8, 4) is 16.9 Å². The van der Waals surface area contributed by atoms with Crippen LogP contribution in [0.4, 0.5) is 28.4 Å². The molecule has 0 fully saturated rings. The summed E-state index contributed by atoms with van der Waals surface area (Å²) in [6.07, 6.45) is 0.233. The Morgan fingerprint density at radius 2 is 1.77 bits per heavy atom. The fourth-order valence-corrected chi connectivity index (χ4v) is 3.74. The van der Waals surface area contributed by atoms with E-state index in [0.29, 0.717) is 47.1 Å². The quantitative estimate of drug-likeness (QED) is 0.238. The van der Waals surface area contributed by atoms with Crippen molar-refractivity contribution in [2.45, 2.75) is 13.3 Å². The third kappa shape index (κ3) is 5.22. The van der Waals surface area contributed by atoms with Gasteiger partial charge in [0.05, 0.1) is 47.7 Å². The molecule has 2 amide bonds. The van der Waals surface area contributed by atoms with Gasteiger partial charge in [0.2, 0.25) is 5.91 Å². The molecule has 0 unspecified atom stereocenters. The van der Waals surface area contributed by atoms with Crippen LogP contribution in [0.5, 0.6) is 5.75 Å². The predicted molar refractivity (Wildman–Crippen MR) is 133 cm³/mol. The highest BCUT2D eigenvalue weighted by atomic mass is 16.6. The molecule has 0 spiro atoms. The molecule has 0 bridgehead atoms. The summed E-state index contributed by atoms with van der Waals surface area (Å²) in [7, 11) is 1.38. The van der Waals surface area contributed by atoms with Crippen LogP contribution in [0, 0.1) is 10.1 Å². The number of carbonyl (C=O) groups is 2. The van der Waals surface area contributed by atoms with Crippen LogP contribution >= 0.6 is 0 Å². The van der Waals surface area contributed by atoms with E-state index < -0.39 is 4.92 Å². The molecule has 10 heteroatoms. The van der Waals surface area contributed by atoms with Crippen LogP contribution < -0.4 is 20.7 Å². The average molecular weight is 476 g/mol. The molecule has 35 heavy (non-hydrogen) atoms. The van der Waals surface area contributed by atoms with Gasteiger partial charge in [-0.2, -0.15) is 0 Å². The number of fused-ring (bicyclic) bond motifs is 2. The van der Waals surface area contributed by atoms with Gasteiger partial charge in [0.25, 0.3) is 5.91 Å². The van der Waals surface area contributed by atoms with Gasteiger partial charge in [0, 0.05) is 18.4 Å². The summed E-state index contributed by atoms with van der Waals surface area (Å²) >= 11 is 0. The molecule has 0 saturated carbocycles. The van der Waals surface area contributed by atoms with Crippen LogP contribution in [0.2, 0.25) is 0 Å². The summed E-state index contributed by atoms with van der Waals surface area (Å²) in [5.41, 5.74) is 4.06. The summed E-state index contributed by atoms with van der Waals surface area (Å²) in [4.78, 5) is 35.7. The Hall–Kier alpha value is -4.44. The molecule has 0 atom stereocenters. The summed E-state index contributed by atoms with van der Waals surface area (Å²) in [6, 6.07) is 15.1. The first-order valence-electron chi connectivity index (χ1n) is 11.0. The number of ether oxygens (including phenoxy) is 2. The minimum absolute atomic E-state index is 0.127. The zero-order valence-electron chi connectivity index (χ0n) is 19.2. The van der Waals surface area contributed by atoms with Crippen molar-refractivity contribution in [1.82, 2.24) is 0 Å². The van der Waals surface area contributed by atoms with Gasteiger partial charge >= 0.3 is 5.69 Å². The Labute approximate surface area is 201 Å². The zero-order chi connectivity index (χ0) is 24.9. The topological polar surface area (TPSA) is 132 Å². The normalized spacial score (nSPS) is 11.9. The lowest BCUT2D eigenvalue weighted by Gasteiger charge is -2.12. The Bertz CT molecular complexity index is 1310. The Morgan fingerprint density at radius 3 is 2.51 bits per heavy atom. The molecular formula is C25H24N4O6. The Morgan fingerprint density at radius 1 is 1.00 bits per heavy atom. The number of amides is 2. The standard InChI is InChI=1S/C25H24N4O6/c1-3-35-11-10-24(30)26-17-6-8-19-21(14-17)28-25(31)18-7-4-15(12-20(18)27-19)16-5-9-22(29(32)33)23(13-16)34-2/h4-9,12-14,27H,3,10-11H2,1-2H3,(H,26,30)(H,28,31). The van der Waals surface area contributed by atoms with E-state index in [1.807, 2.05) is 6.92 Å². The smallest absolute Gasteiger partial charge is 0.310 e. The number of nitro benzene ring substituents is 1. The fourth-order valence-electron chi connectivity index (χ4n) is 3.74. The lowest BCUT2D eigenvalue weighted by atomic mass is 10.0. The highest BCUT2D eigenvalue weighted by molar-refractivity contribution is 6.13. The molecule has 0 saturated heterocycles. The highest BCUT2D eigenvalue weighted by Crippen LogP contribution is 2.37. The summed E-state index contributed by atoms with van der Waals surface area (Å²) in [6.45, 7) is 2.75. The van der Waals surface area contributed by atoms with Gasteiger partial charge in [0.1, 0.15) is 0 Å². The molecule has 0 aliphatic carbocycles. The molecule has 10 nitrogen and oxygen atoms in total. The van der Waals surface area contributed by atoms with Crippen LogP contribution in [0.25, 0.3) is 11.1 Å². The van der Waals surface area contributed by atoms with E-state index >= 15 is 0 Å². The van der Waals surface area contributed by atoms with E-state index in [2.05, 4.69) is 16.0 Å². The van der Waals surface area contributed by atoms with E-state index in [1.165, 1.54) is 13.2 Å². The lowest BCUT2D eigenvalue weighted by molar-refractivity contribution is -0.385. The SMILES string of the molecule is CCOCCC(=O)Nc1ccc2c(c1)NC(=O)c1ccc(-c3ccc([N+](=O)[O-])c(OC)c3)cc1N2. The molecule has 0 aromatic heterocycles. The van der Waals surface area contributed by atoms with Gasteiger partial charge in [-0.3, -0.25) is 19.7 Å². The number of hydrogen-bond donors (Lipinski definition) is 3. The number of benzene rings is 3. The summed E-state index contributed by atoms with van der Waals surface area (Å²) < 4.78 is 10.4. The molecule has 4 rings (SSSR count). The minimum Gasteiger partial charge on any atom is -0.490 e. The van der Waals surface area contributed by atoms with E-state index in [0.717, 1.165) is 5.56 Å². The fraction of sp³-hybridized carbons (Fsp3) is 0.200. The number of nitro groups is 1. The molecule has 1 aliphatic rings. The van der Waals surface area contributed by atoms with Crippen molar-refractivity contribution in [2.75, 3.05) is 36.3 Å². The van der Waals surface area contributed by atoms with E-state index in [1.54, 1.807) is 48.5 Å².